The van der Waals surface area contributed by atoms with Crippen molar-refractivity contribution in [3.8, 4) is 0 Å². The van der Waals surface area contributed by atoms with Gasteiger partial charge in [0.15, 0.2) is 5.96 Å². The summed E-state index contributed by atoms with van der Waals surface area (Å²) in [5.74, 6) is 2.40. The molecule has 2 unspecified atom stereocenters. The summed E-state index contributed by atoms with van der Waals surface area (Å²) >= 11 is 0. The zero-order chi connectivity index (χ0) is 18.8. The minimum atomic E-state index is -0.0332. The Morgan fingerprint density at radius 1 is 1.37 bits per heavy atom. The Morgan fingerprint density at radius 3 is 2.63 bits per heavy atom. The SMILES string of the molecule is CCNC(=NCc1ncc(C(C)(C)C)o1)NC1CC(OCC)C12CCC2.I. The minimum Gasteiger partial charge on any atom is -0.443 e. The van der Waals surface area contributed by atoms with Crippen LogP contribution in [0, 0.1) is 5.41 Å². The summed E-state index contributed by atoms with van der Waals surface area (Å²) in [4.78, 5) is 9.06. The zero-order valence-electron chi connectivity index (χ0n) is 17.3. The second-order valence-electron chi connectivity index (χ2n) is 8.53. The molecule has 7 heteroatoms. The highest BCUT2D eigenvalue weighted by atomic mass is 127. The molecule has 2 atom stereocenters. The number of hydrogen-bond donors (Lipinski definition) is 2. The molecule has 1 heterocycles. The molecule has 0 radical (unpaired) electrons. The number of aromatic nitrogens is 1. The maximum atomic E-state index is 5.95. The van der Waals surface area contributed by atoms with Gasteiger partial charge in [-0.3, -0.25) is 0 Å². The number of hydrogen-bond acceptors (Lipinski definition) is 4. The van der Waals surface area contributed by atoms with E-state index in [1.165, 1.54) is 19.3 Å². The molecule has 0 saturated heterocycles. The van der Waals surface area contributed by atoms with Crippen LogP contribution in [-0.4, -0.2) is 36.2 Å². The van der Waals surface area contributed by atoms with Gasteiger partial charge < -0.3 is 19.8 Å². The summed E-state index contributed by atoms with van der Waals surface area (Å²) in [5, 5.41) is 6.98. The van der Waals surface area contributed by atoms with Crippen molar-refractivity contribution in [2.45, 2.75) is 84.4 Å². The van der Waals surface area contributed by atoms with E-state index in [1.807, 2.05) is 6.20 Å². The van der Waals surface area contributed by atoms with E-state index in [9.17, 15) is 0 Å². The van der Waals surface area contributed by atoms with Crippen LogP contribution < -0.4 is 10.6 Å². The molecule has 6 nitrogen and oxygen atoms in total. The number of oxazole rings is 1. The lowest BCUT2D eigenvalue weighted by molar-refractivity contribution is -0.168. The molecule has 1 spiro atoms. The lowest BCUT2D eigenvalue weighted by Gasteiger charge is -2.61. The van der Waals surface area contributed by atoms with Crippen molar-refractivity contribution in [1.82, 2.24) is 15.6 Å². The fourth-order valence-corrected chi connectivity index (χ4v) is 4.00. The summed E-state index contributed by atoms with van der Waals surface area (Å²) in [6.45, 7) is 12.6. The molecule has 154 valence electrons. The Kier molecular flexibility index (Phi) is 7.58. The van der Waals surface area contributed by atoms with Crippen molar-refractivity contribution in [2.75, 3.05) is 13.2 Å². The number of rotatable bonds is 6. The first kappa shape index (κ1) is 22.5. The molecule has 27 heavy (non-hydrogen) atoms. The number of ether oxygens (including phenoxy) is 1. The number of guanidine groups is 1. The third kappa shape index (κ3) is 4.78. The van der Waals surface area contributed by atoms with Crippen molar-refractivity contribution in [3.63, 3.8) is 0 Å². The summed E-state index contributed by atoms with van der Waals surface area (Å²) in [6.07, 6.45) is 7.09. The minimum absolute atomic E-state index is 0. The molecule has 0 bridgehead atoms. The lowest BCUT2D eigenvalue weighted by atomic mass is 9.51. The molecule has 3 rings (SSSR count). The van der Waals surface area contributed by atoms with Crippen LogP contribution in [0.1, 0.15) is 72.0 Å². The smallest absolute Gasteiger partial charge is 0.216 e. The van der Waals surface area contributed by atoms with Crippen molar-refractivity contribution < 1.29 is 9.15 Å². The second-order valence-corrected chi connectivity index (χ2v) is 8.53. The first-order chi connectivity index (χ1) is 12.4. The third-order valence-electron chi connectivity index (χ3n) is 5.76. The quantitative estimate of drug-likeness (QED) is 0.359. The summed E-state index contributed by atoms with van der Waals surface area (Å²) in [5.41, 5.74) is 0.281. The van der Waals surface area contributed by atoms with Crippen LogP contribution in [0.5, 0.6) is 0 Å². The van der Waals surface area contributed by atoms with Gasteiger partial charge in [-0.25, -0.2) is 9.98 Å². The van der Waals surface area contributed by atoms with E-state index < -0.39 is 0 Å². The number of nitrogens with one attached hydrogen (secondary N) is 2. The molecule has 2 fully saturated rings. The van der Waals surface area contributed by atoms with E-state index in [1.54, 1.807) is 0 Å². The molecular weight excluding hydrogens is 455 g/mol. The molecule has 0 amide bonds. The Morgan fingerprint density at radius 2 is 2.11 bits per heavy atom. The van der Waals surface area contributed by atoms with Crippen molar-refractivity contribution in [3.05, 3.63) is 17.8 Å². The summed E-state index contributed by atoms with van der Waals surface area (Å²) < 4.78 is 11.8. The summed E-state index contributed by atoms with van der Waals surface area (Å²) in [6, 6.07) is 0.445. The molecule has 1 aromatic heterocycles. The van der Waals surface area contributed by atoms with Gasteiger partial charge in [0, 0.05) is 30.0 Å². The average Bonchev–Trinajstić information content (AvgIpc) is 2.99. The fourth-order valence-electron chi connectivity index (χ4n) is 4.00. The topological polar surface area (TPSA) is 71.7 Å². The van der Waals surface area contributed by atoms with E-state index in [2.05, 4.69) is 50.2 Å². The Balaban J connectivity index is 0.00000261. The van der Waals surface area contributed by atoms with Crippen molar-refractivity contribution >= 4 is 29.9 Å². The standard InChI is InChI=1S/C20H34N4O2.HI/c1-6-21-18(23-13-17-22-12-16(26-17)19(3,4)5)24-14-11-15(25-7-2)20(14)9-8-10-20;/h12,14-15H,6-11,13H2,1-5H3,(H2,21,23,24);1H. The van der Waals surface area contributed by atoms with Crippen LogP contribution in [-0.2, 0) is 16.7 Å². The second kappa shape index (κ2) is 9.11. The van der Waals surface area contributed by atoms with Crippen LogP contribution in [0.25, 0.3) is 0 Å². The van der Waals surface area contributed by atoms with Crippen molar-refractivity contribution in [2.24, 2.45) is 10.4 Å². The maximum Gasteiger partial charge on any atom is 0.216 e. The van der Waals surface area contributed by atoms with Crippen molar-refractivity contribution in [1.29, 1.82) is 0 Å². The zero-order valence-corrected chi connectivity index (χ0v) is 19.6. The molecule has 2 aliphatic rings. The highest BCUT2D eigenvalue weighted by molar-refractivity contribution is 14.0. The van der Waals surface area contributed by atoms with Gasteiger partial charge in [0.2, 0.25) is 5.89 Å². The number of aliphatic imine (C=N–C) groups is 1. The van der Waals surface area contributed by atoms with Gasteiger partial charge in [-0.1, -0.05) is 27.2 Å². The Bertz CT molecular complexity index is 634. The maximum absolute atomic E-state index is 5.95. The predicted molar refractivity (Wildman–Crippen MR) is 119 cm³/mol. The van der Waals surface area contributed by atoms with E-state index >= 15 is 0 Å². The van der Waals surface area contributed by atoms with Gasteiger partial charge in [0.25, 0.3) is 0 Å². The van der Waals surface area contributed by atoms with Crippen LogP contribution in [0.3, 0.4) is 0 Å². The van der Waals surface area contributed by atoms with E-state index in [4.69, 9.17) is 14.1 Å². The first-order valence-corrected chi connectivity index (χ1v) is 10.0. The fraction of sp³-hybridized carbons (Fsp3) is 0.800. The molecule has 2 aliphatic carbocycles. The largest absolute Gasteiger partial charge is 0.443 e. The normalized spacial score (nSPS) is 24.0. The van der Waals surface area contributed by atoms with Gasteiger partial charge in [-0.05, 0) is 33.1 Å². The van der Waals surface area contributed by atoms with Gasteiger partial charge in [0.1, 0.15) is 12.3 Å². The van der Waals surface area contributed by atoms with Gasteiger partial charge in [-0.2, -0.15) is 0 Å². The van der Waals surface area contributed by atoms with E-state index in [-0.39, 0.29) is 29.4 Å². The van der Waals surface area contributed by atoms with Gasteiger partial charge in [-0.15, -0.1) is 24.0 Å². The molecule has 2 N–H and O–H groups in total. The highest BCUT2D eigenvalue weighted by Crippen LogP contribution is 2.57. The first-order valence-electron chi connectivity index (χ1n) is 10.0. The third-order valence-corrected chi connectivity index (χ3v) is 5.76. The van der Waals surface area contributed by atoms with Crippen LogP contribution in [0.15, 0.2) is 15.6 Å². The highest BCUT2D eigenvalue weighted by Gasteiger charge is 2.59. The van der Waals surface area contributed by atoms with Crippen LogP contribution in [0.4, 0.5) is 0 Å². The predicted octanol–water partition coefficient (Wildman–Crippen LogP) is 3.99. The van der Waals surface area contributed by atoms with Crippen LogP contribution in [0.2, 0.25) is 0 Å². The number of nitrogens with zero attached hydrogens (tertiary/aromatic N) is 2. The van der Waals surface area contributed by atoms with Gasteiger partial charge >= 0.3 is 0 Å². The Hall–Kier alpha value is -0.830. The van der Waals surface area contributed by atoms with Crippen LogP contribution >= 0.6 is 24.0 Å². The van der Waals surface area contributed by atoms with E-state index in [0.29, 0.717) is 30.0 Å². The monoisotopic (exact) mass is 490 g/mol. The average molecular weight is 490 g/mol. The Labute approximate surface area is 180 Å². The molecule has 1 aromatic rings. The lowest BCUT2D eigenvalue weighted by Crippen LogP contribution is -2.68. The van der Waals surface area contributed by atoms with Gasteiger partial charge in [0.05, 0.1) is 12.3 Å². The molecule has 0 aromatic carbocycles. The molecule has 0 aliphatic heterocycles. The number of halogens is 1. The summed E-state index contributed by atoms with van der Waals surface area (Å²) in [7, 11) is 0. The molecular formula is C20H35IN4O2. The van der Waals surface area contributed by atoms with E-state index in [0.717, 1.165) is 31.3 Å². The molecule has 2 saturated carbocycles.